The van der Waals surface area contributed by atoms with Crippen LogP contribution in [0.4, 0.5) is 10.1 Å². The van der Waals surface area contributed by atoms with Crippen molar-refractivity contribution in [3.05, 3.63) is 65.0 Å². The molecule has 0 saturated heterocycles. The van der Waals surface area contributed by atoms with Gasteiger partial charge in [-0.2, -0.15) is 0 Å². The maximum Gasteiger partial charge on any atom is 0.123 e. The lowest BCUT2D eigenvalue weighted by Gasteiger charge is -2.14. The number of fused-ring (bicyclic) bond motifs is 1. The Bertz CT molecular complexity index is 594. The first-order chi connectivity index (χ1) is 9.72. The normalized spacial score (nSPS) is 14.9. The van der Waals surface area contributed by atoms with Gasteiger partial charge in [0.2, 0.25) is 0 Å². The molecule has 3 heteroatoms. The first-order valence-corrected chi connectivity index (χ1v) is 7.01. The zero-order chi connectivity index (χ0) is 13.9. The van der Waals surface area contributed by atoms with Gasteiger partial charge in [0.05, 0.1) is 6.10 Å². The maximum absolute atomic E-state index is 12.8. The van der Waals surface area contributed by atoms with Gasteiger partial charge in [0, 0.05) is 12.2 Å². The van der Waals surface area contributed by atoms with Crippen molar-refractivity contribution in [2.75, 3.05) is 11.9 Å². The average molecular weight is 271 g/mol. The highest BCUT2D eigenvalue weighted by atomic mass is 19.1. The molecule has 3 rings (SSSR count). The number of aryl methyl sites for hydroxylation is 2. The molecule has 0 amide bonds. The van der Waals surface area contributed by atoms with Crippen LogP contribution in [0.15, 0.2) is 42.5 Å². The number of halogens is 1. The Morgan fingerprint density at radius 2 is 1.80 bits per heavy atom. The summed E-state index contributed by atoms with van der Waals surface area (Å²) in [6.45, 7) is 0.421. The Morgan fingerprint density at radius 3 is 2.60 bits per heavy atom. The van der Waals surface area contributed by atoms with Gasteiger partial charge in [-0.05, 0) is 60.2 Å². The van der Waals surface area contributed by atoms with Gasteiger partial charge in [-0.15, -0.1) is 0 Å². The molecule has 1 aliphatic carbocycles. The van der Waals surface area contributed by atoms with Crippen LogP contribution in [0.1, 0.15) is 29.2 Å². The van der Waals surface area contributed by atoms with Gasteiger partial charge in [0.1, 0.15) is 5.82 Å². The number of aliphatic hydroxyl groups is 1. The summed E-state index contributed by atoms with van der Waals surface area (Å²) in [6, 6.07) is 12.4. The van der Waals surface area contributed by atoms with Crippen molar-refractivity contribution in [2.24, 2.45) is 0 Å². The Morgan fingerprint density at radius 1 is 1.05 bits per heavy atom. The van der Waals surface area contributed by atoms with Crippen molar-refractivity contribution >= 4 is 5.69 Å². The molecule has 2 N–H and O–H groups in total. The van der Waals surface area contributed by atoms with E-state index in [1.807, 2.05) is 0 Å². The molecule has 1 atom stereocenters. The second kappa shape index (κ2) is 5.63. The third kappa shape index (κ3) is 2.83. The summed E-state index contributed by atoms with van der Waals surface area (Å²) in [5.74, 6) is -0.285. The lowest BCUT2D eigenvalue weighted by molar-refractivity contribution is 0.191. The second-order valence-corrected chi connectivity index (χ2v) is 5.29. The van der Waals surface area contributed by atoms with Gasteiger partial charge in [0.25, 0.3) is 0 Å². The van der Waals surface area contributed by atoms with E-state index in [0.29, 0.717) is 6.54 Å². The van der Waals surface area contributed by atoms with E-state index in [0.717, 1.165) is 17.7 Å². The third-order valence-corrected chi connectivity index (χ3v) is 3.85. The highest BCUT2D eigenvalue weighted by molar-refractivity contribution is 5.50. The minimum Gasteiger partial charge on any atom is -0.387 e. The van der Waals surface area contributed by atoms with Crippen molar-refractivity contribution in [1.29, 1.82) is 0 Å². The predicted octanol–water partition coefficient (Wildman–Crippen LogP) is 3.46. The summed E-state index contributed by atoms with van der Waals surface area (Å²) in [5.41, 5.74) is 4.60. The molecular formula is C17H18FNO. The molecule has 20 heavy (non-hydrogen) atoms. The van der Waals surface area contributed by atoms with E-state index < -0.39 is 6.10 Å². The number of hydrogen-bond acceptors (Lipinski definition) is 2. The fourth-order valence-corrected chi connectivity index (χ4v) is 2.70. The highest BCUT2D eigenvalue weighted by Gasteiger charge is 2.12. The Labute approximate surface area is 118 Å². The molecule has 0 spiro atoms. The molecule has 0 bridgehead atoms. The molecule has 1 aliphatic rings. The van der Waals surface area contributed by atoms with Gasteiger partial charge in [0.15, 0.2) is 0 Å². The molecule has 2 aromatic rings. The van der Waals surface area contributed by atoms with Crippen LogP contribution < -0.4 is 5.32 Å². The minimum absolute atomic E-state index is 0.285. The number of rotatable bonds is 4. The van der Waals surface area contributed by atoms with E-state index in [-0.39, 0.29) is 5.82 Å². The minimum atomic E-state index is -0.635. The van der Waals surface area contributed by atoms with Crippen LogP contribution in [0.25, 0.3) is 0 Å². The molecule has 1 unspecified atom stereocenters. The molecular weight excluding hydrogens is 253 g/mol. The first-order valence-electron chi connectivity index (χ1n) is 7.01. The van der Waals surface area contributed by atoms with Crippen molar-refractivity contribution in [3.8, 4) is 0 Å². The van der Waals surface area contributed by atoms with Gasteiger partial charge in [-0.25, -0.2) is 4.39 Å². The summed E-state index contributed by atoms with van der Waals surface area (Å²) in [4.78, 5) is 0. The van der Waals surface area contributed by atoms with Crippen molar-refractivity contribution < 1.29 is 9.50 Å². The largest absolute Gasteiger partial charge is 0.387 e. The number of nitrogens with one attached hydrogen (secondary N) is 1. The molecule has 2 nitrogen and oxygen atoms in total. The Balaban J connectivity index is 1.63. The SMILES string of the molecule is OC(CNc1ccc2c(c1)CCC2)c1ccc(F)cc1. The standard InChI is InChI=1S/C17H18FNO/c18-15-7-4-13(5-8-15)17(20)11-19-16-9-6-12-2-1-3-14(12)10-16/h4-10,17,19-20H,1-3,11H2. The fourth-order valence-electron chi connectivity index (χ4n) is 2.70. The predicted molar refractivity (Wildman–Crippen MR) is 78.3 cm³/mol. The van der Waals surface area contributed by atoms with Crippen LogP contribution in [0.5, 0.6) is 0 Å². The molecule has 104 valence electrons. The van der Waals surface area contributed by atoms with E-state index in [2.05, 4.69) is 23.5 Å². The van der Waals surface area contributed by atoms with Crippen LogP contribution in [0, 0.1) is 5.82 Å². The molecule has 0 aliphatic heterocycles. The summed E-state index contributed by atoms with van der Waals surface area (Å²) >= 11 is 0. The van der Waals surface area contributed by atoms with Gasteiger partial charge in [-0.3, -0.25) is 0 Å². The third-order valence-electron chi connectivity index (χ3n) is 3.85. The first kappa shape index (κ1) is 13.1. The van der Waals surface area contributed by atoms with Crippen molar-refractivity contribution in [1.82, 2.24) is 0 Å². The second-order valence-electron chi connectivity index (χ2n) is 5.29. The van der Waals surface area contributed by atoms with Crippen LogP contribution >= 0.6 is 0 Å². The van der Waals surface area contributed by atoms with Crippen LogP contribution in [0.2, 0.25) is 0 Å². The van der Waals surface area contributed by atoms with E-state index in [4.69, 9.17) is 0 Å². The molecule has 0 aromatic heterocycles. The summed E-state index contributed by atoms with van der Waals surface area (Å²) in [7, 11) is 0. The number of anilines is 1. The summed E-state index contributed by atoms with van der Waals surface area (Å²) in [6.07, 6.45) is 2.92. The Hall–Kier alpha value is -1.87. The Kier molecular flexibility index (Phi) is 3.70. The number of hydrogen-bond donors (Lipinski definition) is 2. The topological polar surface area (TPSA) is 32.3 Å². The zero-order valence-electron chi connectivity index (χ0n) is 11.3. The highest BCUT2D eigenvalue weighted by Crippen LogP contribution is 2.25. The van der Waals surface area contributed by atoms with E-state index in [9.17, 15) is 9.50 Å². The smallest absolute Gasteiger partial charge is 0.123 e. The molecule has 0 fully saturated rings. The van der Waals surface area contributed by atoms with Crippen LogP contribution in [0.3, 0.4) is 0 Å². The summed E-state index contributed by atoms with van der Waals surface area (Å²) in [5, 5.41) is 13.3. The fraction of sp³-hybridized carbons (Fsp3) is 0.294. The lowest BCUT2D eigenvalue weighted by atomic mass is 10.1. The molecule has 2 aromatic carbocycles. The van der Waals surface area contributed by atoms with Gasteiger partial charge >= 0.3 is 0 Å². The van der Waals surface area contributed by atoms with Gasteiger partial charge in [-0.1, -0.05) is 18.2 Å². The molecule has 0 saturated carbocycles. The lowest BCUT2D eigenvalue weighted by Crippen LogP contribution is -2.12. The van der Waals surface area contributed by atoms with E-state index >= 15 is 0 Å². The van der Waals surface area contributed by atoms with E-state index in [1.54, 1.807) is 12.1 Å². The van der Waals surface area contributed by atoms with Crippen LogP contribution in [-0.2, 0) is 12.8 Å². The van der Waals surface area contributed by atoms with Gasteiger partial charge < -0.3 is 10.4 Å². The molecule has 0 heterocycles. The monoisotopic (exact) mass is 271 g/mol. The maximum atomic E-state index is 12.8. The zero-order valence-corrected chi connectivity index (χ0v) is 11.3. The summed E-state index contributed by atoms with van der Waals surface area (Å²) < 4.78 is 12.8. The van der Waals surface area contributed by atoms with Crippen molar-refractivity contribution in [3.63, 3.8) is 0 Å². The van der Waals surface area contributed by atoms with Crippen LogP contribution in [-0.4, -0.2) is 11.7 Å². The number of benzene rings is 2. The number of aliphatic hydroxyl groups excluding tert-OH is 1. The molecule has 0 radical (unpaired) electrons. The quantitative estimate of drug-likeness (QED) is 0.892. The van der Waals surface area contributed by atoms with E-state index in [1.165, 1.54) is 36.1 Å². The average Bonchev–Trinajstić information content (AvgIpc) is 2.93. The van der Waals surface area contributed by atoms with Crippen molar-refractivity contribution in [2.45, 2.75) is 25.4 Å².